The fourth-order valence-electron chi connectivity index (χ4n) is 2.07. The molecule has 0 bridgehead atoms. The monoisotopic (exact) mass is 291 g/mol. The molecule has 0 amide bonds. The third kappa shape index (κ3) is 3.36. The van der Waals surface area contributed by atoms with Gasteiger partial charge in [0.2, 0.25) is 0 Å². The van der Waals surface area contributed by atoms with E-state index in [0.717, 1.165) is 5.56 Å². The molecule has 4 heteroatoms. The van der Waals surface area contributed by atoms with Crippen LogP contribution in [0.4, 0.5) is 10.1 Å². The highest BCUT2D eigenvalue weighted by molar-refractivity contribution is 6.30. The van der Waals surface area contributed by atoms with Crippen LogP contribution < -0.4 is 4.90 Å². The Hall–Kier alpha value is -1.87. The fraction of sp³-hybridized carbons (Fsp3) is 0.188. The van der Waals surface area contributed by atoms with E-state index in [1.165, 1.54) is 19.1 Å². The number of benzene rings is 2. The van der Waals surface area contributed by atoms with Gasteiger partial charge in [-0.1, -0.05) is 23.7 Å². The molecule has 0 fully saturated rings. The molecule has 0 saturated heterocycles. The van der Waals surface area contributed by atoms with Crippen LogP contribution in [0, 0.1) is 5.82 Å². The highest BCUT2D eigenvalue weighted by atomic mass is 35.5. The second-order valence-corrected chi connectivity index (χ2v) is 5.14. The lowest BCUT2D eigenvalue weighted by Gasteiger charge is -2.22. The Bertz CT molecular complexity index is 625. The molecule has 0 aliphatic rings. The number of ketones is 1. The zero-order valence-electron chi connectivity index (χ0n) is 11.4. The smallest absolute Gasteiger partial charge is 0.161 e. The van der Waals surface area contributed by atoms with E-state index in [1.54, 1.807) is 6.07 Å². The molecule has 2 aromatic carbocycles. The summed E-state index contributed by atoms with van der Waals surface area (Å²) in [6, 6.07) is 11.8. The number of hydrogen-bond donors (Lipinski definition) is 0. The highest BCUT2D eigenvalue weighted by Gasteiger charge is 2.12. The van der Waals surface area contributed by atoms with E-state index in [-0.39, 0.29) is 5.78 Å². The Morgan fingerprint density at radius 1 is 1.20 bits per heavy atom. The number of carbonyl (C=O) groups excluding carboxylic acids is 1. The van der Waals surface area contributed by atoms with Gasteiger partial charge in [0.1, 0.15) is 5.82 Å². The molecule has 0 aromatic heterocycles. The van der Waals surface area contributed by atoms with E-state index >= 15 is 0 Å². The van der Waals surface area contributed by atoms with Crippen molar-refractivity contribution in [3.8, 4) is 0 Å². The Morgan fingerprint density at radius 3 is 2.45 bits per heavy atom. The summed E-state index contributed by atoms with van der Waals surface area (Å²) in [5.41, 5.74) is 2.17. The normalized spacial score (nSPS) is 10.4. The second kappa shape index (κ2) is 6.06. The Labute approximate surface area is 122 Å². The first-order valence-electron chi connectivity index (χ1n) is 6.23. The lowest BCUT2D eigenvalue weighted by molar-refractivity contribution is 0.101. The summed E-state index contributed by atoms with van der Waals surface area (Å²) < 4.78 is 13.3. The molecule has 0 spiro atoms. The molecule has 2 aromatic rings. The van der Waals surface area contributed by atoms with Crippen molar-refractivity contribution < 1.29 is 9.18 Å². The van der Waals surface area contributed by atoms with Crippen molar-refractivity contribution in [3.05, 3.63) is 64.4 Å². The van der Waals surface area contributed by atoms with E-state index < -0.39 is 5.82 Å². The van der Waals surface area contributed by atoms with Crippen LogP contribution in [0.2, 0.25) is 5.02 Å². The largest absolute Gasteiger partial charge is 0.370 e. The highest BCUT2D eigenvalue weighted by Crippen LogP contribution is 2.23. The maximum Gasteiger partial charge on any atom is 0.161 e. The quantitative estimate of drug-likeness (QED) is 0.782. The number of carbonyl (C=O) groups is 1. The van der Waals surface area contributed by atoms with Gasteiger partial charge in [-0.25, -0.2) is 4.39 Å². The van der Waals surface area contributed by atoms with Gasteiger partial charge in [-0.2, -0.15) is 0 Å². The predicted molar refractivity (Wildman–Crippen MR) is 80.0 cm³/mol. The Balaban J connectivity index is 2.27. The lowest BCUT2D eigenvalue weighted by atomic mass is 10.1. The molecule has 0 N–H and O–H groups in total. The van der Waals surface area contributed by atoms with Crippen molar-refractivity contribution in [2.24, 2.45) is 0 Å². The molecular weight excluding hydrogens is 277 g/mol. The first-order valence-corrected chi connectivity index (χ1v) is 6.61. The zero-order valence-corrected chi connectivity index (χ0v) is 12.1. The Morgan fingerprint density at radius 2 is 1.85 bits per heavy atom. The van der Waals surface area contributed by atoms with E-state index in [2.05, 4.69) is 0 Å². The van der Waals surface area contributed by atoms with Crippen LogP contribution >= 0.6 is 11.6 Å². The van der Waals surface area contributed by atoms with Gasteiger partial charge in [-0.3, -0.25) is 4.79 Å². The molecule has 0 radical (unpaired) electrons. The lowest BCUT2D eigenvalue weighted by Crippen LogP contribution is -2.19. The summed E-state index contributed by atoms with van der Waals surface area (Å²) in [4.78, 5) is 13.5. The van der Waals surface area contributed by atoms with Crippen LogP contribution in [-0.4, -0.2) is 12.8 Å². The van der Waals surface area contributed by atoms with Crippen molar-refractivity contribution in [2.75, 3.05) is 11.9 Å². The molecule has 2 rings (SSSR count). The van der Waals surface area contributed by atoms with Gasteiger partial charge >= 0.3 is 0 Å². The zero-order chi connectivity index (χ0) is 14.7. The topological polar surface area (TPSA) is 20.3 Å². The minimum atomic E-state index is -0.404. The number of nitrogens with zero attached hydrogens (tertiary/aromatic N) is 1. The van der Waals surface area contributed by atoms with Crippen LogP contribution in [0.15, 0.2) is 42.5 Å². The van der Waals surface area contributed by atoms with E-state index in [9.17, 15) is 9.18 Å². The van der Waals surface area contributed by atoms with Gasteiger partial charge in [0.15, 0.2) is 5.78 Å². The van der Waals surface area contributed by atoms with Crippen LogP contribution in [0.3, 0.4) is 0 Å². The van der Waals surface area contributed by atoms with Crippen molar-refractivity contribution >= 4 is 23.1 Å². The van der Waals surface area contributed by atoms with Gasteiger partial charge in [0.25, 0.3) is 0 Å². The maximum absolute atomic E-state index is 13.3. The first-order chi connectivity index (χ1) is 9.47. The molecule has 20 heavy (non-hydrogen) atoms. The number of halogens is 2. The number of anilines is 1. The molecule has 2 nitrogen and oxygen atoms in total. The van der Waals surface area contributed by atoms with Gasteiger partial charge in [-0.15, -0.1) is 0 Å². The first kappa shape index (κ1) is 14.5. The molecular formula is C16H15ClFNO. The maximum atomic E-state index is 13.3. The molecule has 0 aliphatic heterocycles. The van der Waals surface area contributed by atoms with Gasteiger partial charge in [0.05, 0.1) is 0 Å². The van der Waals surface area contributed by atoms with Crippen LogP contribution in [0.5, 0.6) is 0 Å². The molecule has 104 valence electrons. The summed E-state index contributed by atoms with van der Waals surface area (Å²) >= 11 is 5.85. The van der Waals surface area contributed by atoms with Gasteiger partial charge < -0.3 is 4.90 Å². The summed E-state index contributed by atoms with van der Waals surface area (Å²) in [7, 11) is 1.87. The summed E-state index contributed by atoms with van der Waals surface area (Å²) in [5.74, 6) is -0.554. The average Bonchev–Trinajstić information content (AvgIpc) is 2.41. The summed E-state index contributed by atoms with van der Waals surface area (Å²) in [5, 5.41) is 0.683. The fourth-order valence-corrected chi connectivity index (χ4v) is 2.20. The van der Waals surface area contributed by atoms with Crippen molar-refractivity contribution in [1.29, 1.82) is 0 Å². The van der Waals surface area contributed by atoms with Gasteiger partial charge in [0, 0.05) is 29.9 Å². The van der Waals surface area contributed by atoms with Gasteiger partial charge in [-0.05, 0) is 42.8 Å². The Kier molecular flexibility index (Phi) is 4.40. The van der Waals surface area contributed by atoms with Crippen molar-refractivity contribution in [2.45, 2.75) is 13.5 Å². The van der Waals surface area contributed by atoms with Crippen LogP contribution in [0.25, 0.3) is 0 Å². The van der Waals surface area contributed by atoms with E-state index in [0.29, 0.717) is 22.8 Å². The summed E-state index contributed by atoms with van der Waals surface area (Å²) in [6.45, 7) is 2.05. The number of rotatable bonds is 4. The second-order valence-electron chi connectivity index (χ2n) is 4.70. The molecule has 0 aliphatic carbocycles. The average molecular weight is 292 g/mol. The van der Waals surface area contributed by atoms with E-state index in [4.69, 9.17) is 11.6 Å². The third-order valence-electron chi connectivity index (χ3n) is 3.08. The van der Waals surface area contributed by atoms with Crippen LogP contribution in [-0.2, 0) is 6.54 Å². The number of hydrogen-bond acceptors (Lipinski definition) is 2. The number of Topliss-reactive ketones (excluding diaryl/α,β-unsaturated/α-hetero) is 1. The van der Waals surface area contributed by atoms with Crippen LogP contribution in [0.1, 0.15) is 22.8 Å². The third-order valence-corrected chi connectivity index (χ3v) is 3.33. The van der Waals surface area contributed by atoms with E-state index in [1.807, 2.05) is 36.2 Å². The molecule has 0 heterocycles. The molecule has 0 saturated carbocycles. The summed E-state index contributed by atoms with van der Waals surface area (Å²) in [6.07, 6.45) is 0. The molecule has 0 atom stereocenters. The van der Waals surface area contributed by atoms with Crippen molar-refractivity contribution in [1.82, 2.24) is 0 Å². The van der Waals surface area contributed by atoms with Crippen molar-refractivity contribution in [3.63, 3.8) is 0 Å². The standard InChI is InChI=1S/C16H15ClFNO/c1-11(20)15-9-14(18)7-8-16(15)19(2)10-12-3-5-13(17)6-4-12/h3-9H,10H2,1-2H3. The predicted octanol–water partition coefficient (Wildman–Crippen LogP) is 4.32. The minimum Gasteiger partial charge on any atom is -0.370 e. The minimum absolute atomic E-state index is 0.151. The SMILES string of the molecule is CC(=O)c1cc(F)ccc1N(C)Cc1ccc(Cl)cc1. The molecule has 0 unspecified atom stereocenters.